The lowest BCUT2D eigenvalue weighted by Crippen LogP contribution is -2.48. The summed E-state index contributed by atoms with van der Waals surface area (Å²) in [4.78, 5) is 29.4. The van der Waals surface area contributed by atoms with E-state index in [0.717, 1.165) is 16.7 Å². The van der Waals surface area contributed by atoms with Gasteiger partial charge in [-0.1, -0.05) is 91.0 Å². The van der Waals surface area contributed by atoms with Crippen molar-refractivity contribution in [3.63, 3.8) is 0 Å². The Morgan fingerprint density at radius 2 is 1.28 bits per heavy atom. The Morgan fingerprint density at radius 1 is 0.781 bits per heavy atom. The molecule has 166 valence electrons. The molecule has 0 heterocycles. The van der Waals surface area contributed by atoms with E-state index in [9.17, 15) is 9.59 Å². The van der Waals surface area contributed by atoms with Gasteiger partial charge in [0, 0.05) is 20.6 Å². The van der Waals surface area contributed by atoms with Gasteiger partial charge in [-0.25, -0.2) is 4.79 Å². The Balaban J connectivity index is 1.76. The van der Waals surface area contributed by atoms with Crippen molar-refractivity contribution < 1.29 is 14.3 Å². The van der Waals surface area contributed by atoms with Gasteiger partial charge in [-0.3, -0.25) is 4.79 Å². The number of ether oxygens (including phenoxy) is 1. The van der Waals surface area contributed by atoms with Gasteiger partial charge in [0.15, 0.2) is 0 Å². The number of nitrogens with zero attached hydrogens (tertiary/aromatic N) is 2. The second-order valence-corrected chi connectivity index (χ2v) is 8.15. The molecule has 0 saturated carbocycles. The first-order valence-corrected chi connectivity index (χ1v) is 10.7. The van der Waals surface area contributed by atoms with Gasteiger partial charge < -0.3 is 14.5 Å². The fraction of sp³-hybridized carbons (Fsp3) is 0.259. The highest BCUT2D eigenvalue weighted by molar-refractivity contribution is 5.79. The lowest BCUT2D eigenvalue weighted by atomic mass is 9.86. The summed E-state index contributed by atoms with van der Waals surface area (Å²) in [6, 6.07) is 29.0. The van der Waals surface area contributed by atoms with E-state index in [1.54, 1.807) is 19.0 Å². The molecule has 0 radical (unpaired) electrons. The average Bonchev–Trinajstić information content (AvgIpc) is 2.83. The van der Waals surface area contributed by atoms with E-state index in [1.165, 1.54) is 4.90 Å². The fourth-order valence-corrected chi connectivity index (χ4v) is 3.60. The summed E-state index contributed by atoms with van der Waals surface area (Å²) < 4.78 is 5.56. The topological polar surface area (TPSA) is 49.9 Å². The third-order valence-corrected chi connectivity index (χ3v) is 5.80. The van der Waals surface area contributed by atoms with Crippen LogP contribution in [0.5, 0.6) is 0 Å². The largest absolute Gasteiger partial charge is 0.445 e. The second kappa shape index (κ2) is 10.6. The van der Waals surface area contributed by atoms with Gasteiger partial charge >= 0.3 is 6.09 Å². The SMILES string of the molecule is CN(Cc1ccccc1)C(=O)CC(C)(c1ccccc1)N(C)C(=O)OCc1ccccc1. The van der Waals surface area contributed by atoms with Crippen LogP contribution in [-0.4, -0.2) is 35.9 Å². The lowest BCUT2D eigenvalue weighted by molar-refractivity contribution is -0.133. The molecule has 0 saturated heterocycles. The zero-order chi connectivity index (χ0) is 23.0. The molecule has 0 aliphatic rings. The van der Waals surface area contributed by atoms with Crippen molar-refractivity contribution in [2.45, 2.75) is 32.0 Å². The molecule has 0 aliphatic heterocycles. The molecule has 5 nitrogen and oxygen atoms in total. The Bertz CT molecular complexity index is 1010. The van der Waals surface area contributed by atoms with E-state index in [1.807, 2.05) is 97.9 Å². The molecule has 3 aromatic rings. The molecule has 0 aromatic heterocycles. The Kier molecular flexibility index (Phi) is 7.66. The molecule has 3 rings (SSSR count). The van der Waals surface area contributed by atoms with E-state index >= 15 is 0 Å². The van der Waals surface area contributed by atoms with Crippen LogP contribution in [0.1, 0.15) is 30.0 Å². The van der Waals surface area contributed by atoms with E-state index in [0.29, 0.717) is 6.54 Å². The Morgan fingerprint density at radius 3 is 1.84 bits per heavy atom. The third-order valence-electron chi connectivity index (χ3n) is 5.80. The monoisotopic (exact) mass is 430 g/mol. The fourth-order valence-electron chi connectivity index (χ4n) is 3.60. The van der Waals surface area contributed by atoms with Crippen molar-refractivity contribution in [3.05, 3.63) is 108 Å². The van der Waals surface area contributed by atoms with Gasteiger partial charge in [-0.15, -0.1) is 0 Å². The summed E-state index contributed by atoms with van der Waals surface area (Å²) >= 11 is 0. The van der Waals surface area contributed by atoms with Gasteiger partial charge in [0.05, 0.1) is 12.0 Å². The molecule has 0 aliphatic carbocycles. The molecule has 5 heteroatoms. The highest BCUT2D eigenvalue weighted by Gasteiger charge is 2.38. The maximum atomic E-state index is 13.2. The number of rotatable bonds is 8. The van der Waals surface area contributed by atoms with Crippen LogP contribution in [0.15, 0.2) is 91.0 Å². The standard InChI is InChI=1S/C27H30N2O3/c1-27(24-17-11-6-12-18-24,19-25(30)28(2)20-22-13-7-4-8-14-22)29(3)26(31)32-21-23-15-9-5-10-16-23/h4-18H,19-21H2,1-3H3. The van der Waals surface area contributed by atoms with Crippen LogP contribution in [0, 0.1) is 0 Å². The lowest BCUT2D eigenvalue weighted by Gasteiger charge is -2.39. The summed E-state index contributed by atoms with van der Waals surface area (Å²) in [5, 5.41) is 0. The summed E-state index contributed by atoms with van der Waals surface area (Å²) in [6.45, 7) is 2.59. The molecule has 0 fully saturated rings. The molecule has 0 N–H and O–H groups in total. The van der Waals surface area contributed by atoms with Gasteiger partial charge in [0.2, 0.25) is 5.91 Å². The van der Waals surface area contributed by atoms with Crippen LogP contribution in [0.4, 0.5) is 4.79 Å². The van der Waals surface area contributed by atoms with E-state index < -0.39 is 11.6 Å². The minimum atomic E-state index is -0.864. The van der Waals surface area contributed by atoms with Gasteiger partial charge in [0.1, 0.15) is 6.61 Å². The van der Waals surface area contributed by atoms with Crippen molar-refractivity contribution in [1.82, 2.24) is 9.80 Å². The van der Waals surface area contributed by atoms with E-state index in [-0.39, 0.29) is 18.9 Å². The Labute approximate surface area is 190 Å². The Hall–Kier alpha value is -3.60. The highest BCUT2D eigenvalue weighted by atomic mass is 16.6. The molecule has 32 heavy (non-hydrogen) atoms. The predicted octanol–water partition coefficient (Wildman–Crippen LogP) is 5.22. The number of amides is 2. The van der Waals surface area contributed by atoms with Crippen LogP contribution in [0.2, 0.25) is 0 Å². The van der Waals surface area contributed by atoms with Gasteiger partial charge in [0.25, 0.3) is 0 Å². The molecule has 1 unspecified atom stereocenters. The number of benzene rings is 3. The first-order valence-electron chi connectivity index (χ1n) is 10.7. The van der Waals surface area contributed by atoms with Crippen LogP contribution in [0.25, 0.3) is 0 Å². The van der Waals surface area contributed by atoms with Crippen LogP contribution in [0.3, 0.4) is 0 Å². The molecular weight excluding hydrogens is 400 g/mol. The van der Waals surface area contributed by atoms with Gasteiger partial charge in [-0.05, 0) is 23.6 Å². The van der Waals surface area contributed by atoms with Gasteiger partial charge in [-0.2, -0.15) is 0 Å². The minimum absolute atomic E-state index is 0.0529. The molecule has 2 amide bonds. The van der Waals surface area contributed by atoms with Crippen LogP contribution >= 0.6 is 0 Å². The molecule has 0 spiro atoms. The molecule has 0 bridgehead atoms. The first kappa shape index (κ1) is 23.1. The van der Waals surface area contributed by atoms with Crippen molar-refractivity contribution in [1.29, 1.82) is 0 Å². The number of carbonyl (C=O) groups excluding carboxylic acids is 2. The van der Waals surface area contributed by atoms with E-state index in [2.05, 4.69) is 0 Å². The quantitative estimate of drug-likeness (QED) is 0.492. The zero-order valence-electron chi connectivity index (χ0n) is 18.9. The van der Waals surface area contributed by atoms with Crippen molar-refractivity contribution >= 4 is 12.0 Å². The predicted molar refractivity (Wildman–Crippen MR) is 126 cm³/mol. The minimum Gasteiger partial charge on any atom is -0.445 e. The number of hydrogen-bond acceptors (Lipinski definition) is 3. The number of hydrogen-bond donors (Lipinski definition) is 0. The molecular formula is C27H30N2O3. The first-order chi connectivity index (χ1) is 15.4. The maximum absolute atomic E-state index is 13.2. The smallest absolute Gasteiger partial charge is 0.410 e. The van der Waals surface area contributed by atoms with Crippen molar-refractivity contribution in [3.8, 4) is 0 Å². The van der Waals surface area contributed by atoms with E-state index in [4.69, 9.17) is 4.74 Å². The third kappa shape index (κ3) is 5.76. The van der Waals surface area contributed by atoms with Crippen LogP contribution < -0.4 is 0 Å². The summed E-state index contributed by atoms with van der Waals surface area (Å²) in [5.41, 5.74) is 1.98. The maximum Gasteiger partial charge on any atom is 0.410 e. The summed E-state index contributed by atoms with van der Waals surface area (Å²) in [6.07, 6.45) is -0.337. The zero-order valence-corrected chi connectivity index (χ0v) is 18.9. The van der Waals surface area contributed by atoms with Crippen molar-refractivity contribution in [2.75, 3.05) is 14.1 Å². The normalized spacial score (nSPS) is 12.5. The summed E-state index contributed by atoms with van der Waals surface area (Å²) in [5.74, 6) is -0.0529. The highest BCUT2D eigenvalue weighted by Crippen LogP contribution is 2.32. The molecule has 3 aromatic carbocycles. The number of carbonyl (C=O) groups is 2. The van der Waals surface area contributed by atoms with Crippen LogP contribution in [-0.2, 0) is 28.2 Å². The van der Waals surface area contributed by atoms with Crippen molar-refractivity contribution in [2.24, 2.45) is 0 Å². The second-order valence-electron chi connectivity index (χ2n) is 8.15. The summed E-state index contributed by atoms with van der Waals surface area (Å²) in [7, 11) is 3.47. The average molecular weight is 431 g/mol. The molecule has 1 atom stereocenters.